The summed E-state index contributed by atoms with van der Waals surface area (Å²) in [6, 6.07) is 9.97. The quantitative estimate of drug-likeness (QED) is 0.656. The van der Waals surface area contributed by atoms with Crippen molar-refractivity contribution < 1.29 is 14.3 Å². The van der Waals surface area contributed by atoms with E-state index >= 15 is 0 Å². The Kier molecular flexibility index (Phi) is 4.94. The smallest absolute Gasteiger partial charge is 0.307 e. The number of nitrogens with one attached hydrogen (secondary N) is 1. The zero-order chi connectivity index (χ0) is 15.2. The largest absolute Gasteiger partial charge is 0.469 e. The topological polar surface area (TPSA) is 81.4 Å². The number of hydrogen-bond acceptors (Lipinski definition) is 5. The summed E-state index contributed by atoms with van der Waals surface area (Å²) >= 11 is 1.48. The van der Waals surface area contributed by atoms with Crippen LogP contribution in [0.2, 0.25) is 0 Å². The third-order valence-electron chi connectivity index (χ3n) is 2.96. The Morgan fingerprint density at radius 1 is 1.29 bits per heavy atom. The van der Waals surface area contributed by atoms with Gasteiger partial charge in [0.05, 0.1) is 19.6 Å². The first-order chi connectivity index (χ1) is 10.1. The molecule has 0 aliphatic heterocycles. The van der Waals surface area contributed by atoms with Crippen LogP contribution in [0.5, 0.6) is 0 Å². The standard InChI is InChI=1S/C15H16N2O3S/c1-20-14(18)9-12(13-3-2-8-21-13)17-15(19)10-4-6-11(16)7-5-10/h2-8,12H,9,16H2,1H3,(H,17,19). The van der Waals surface area contributed by atoms with Crippen LogP contribution in [0.25, 0.3) is 0 Å². The first-order valence-corrected chi connectivity index (χ1v) is 7.24. The summed E-state index contributed by atoms with van der Waals surface area (Å²) in [7, 11) is 1.33. The van der Waals surface area contributed by atoms with E-state index in [0.717, 1.165) is 4.88 Å². The molecule has 0 radical (unpaired) electrons. The number of nitrogen functional groups attached to an aromatic ring is 1. The minimum Gasteiger partial charge on any atom is -0.469 e. The number of amides is 1. The highest BCUT2D eigenvalue weighted by atomic mass is 32.1. The second-order valence-electron chi connectivity index (χ2n) is 4.44. The number of carbonyl (C=O) groups excluding carboxylic acids is 2. The fourth-order valence-corrected chi connectivity index (χ4v) is 2.62. The van der Waals surface area contributed by atoms with Gasteiger partial charge in [-0.05, 0) is 35.7 Å². The van der Waals surface area contributed by atoms with E-state index in [1.807, 2.05) is 17.5 Å². The summed E-state index contributed by atoms with van der Waals surface area (Å²) < 4.78 is 4.68. The number of nitrogens with two attached hydrogens (primary N) is 1. The Morgan fingerprint density at radius 3 is 2.57 bits per heavy atom. The van der Waals surface area contributed by atoms with Gasteiger partial charge in [0.25, 0.3) is 5.91 Å². The van der Waals surface area contributed by atoms with Crippen LogP contribution in [-0.4, -0.2) is 19.0 Å². The summed E-state index contributed by atoms with van der Waals surface area (Å²) in [6.07, 6.45) is 0.0950. The Hall–Kier alpha value is -2.34. The molecule has 5 nitrogen and oxygen atoms in total. The van der Waals surface area contributed by atoms with Crippen molar-refractivity contribution in [1.29, 1.82) is 0 Å². The third-order valence-corrected chi connectivity index (χ3v) is 3.95. The molecule has 0 aliphatic rings. The lowest BCUT2D eigenvalue weighted by Gasteiger charge is -2.16. The molecule has 0 saturated carbocycles. The van der Waals surface area contributed by atoms with E-state index in [0.29, 0.717) is 11.3 Å². The number of methoxy groups -OCH3 is 1. The van der Waals surface area contributed by atoms with Crippen LogP contribution in [0, 0.1) is 0 Å². The van der Waals surface area contributed by atoms with Crippen LogP contribution in [0.3, 0.4) is 0 Å². The Balaban J connectivity index is 2.12. The van der Waals surface area contributed by atoms with Crippen molar-refractivity contribution in [2.75, 3.05) is 12.8 Å². The fourth-order valence-electron chi connectivity index (χ4n) is 1.84. The van der Waals surface area contributed by atoms with Crippen LogP contribution in [0.15, 0.2) is 41.8 Å². The highest BCUT2D eigenvalue weighted by Crippen LogP contribution is 2.23. The highest BCUT2D eigenvalue weighted by Gasteiger charge is 2.20. The predicted molar refractivity (Wildman–Crippen MR) is 82.0 cm³/mol. The minimum absolute atomic E-state index is 0.0950. The lowest BCUT2D eigenvalue weighted by molar-refractivity contribution is -0.141. The van der Waals surface area contributed by atoms with Gasteiger partial charge >= 0.3 is 5.97 Å². The average molecular weight is 304 g/mol. The van der Waals surface area contributed by atoms with E-state index in [9.17, 15) is 9.59 Å². The number of anilines is 1. The molecule has 110 valence electrons. The zero-order valence-electron chi connectivity index (χ0n) is 11.5. The van der Waals surface area contributed by atoms with Crippen molar-refractivity contribution in [2.45, 2.75) is 12.5 Å². The molecule has 0 fully saturated rings. The van der Waals surface area contributed by atoms with Crippen molar-refractivity contribution in [3.8, 4) is 0 Å². The first-order valence-electron chi connectivity index (χ1n) is 6.36. The number of benzene rings is 1. The lowest BCUT2D eigenvalue weighted by atomic mass is 10.1. The summed E-state index contributed by atoms with van der Waals surface area (Å²) in [5.74, 6) is -0.622. The van der Waals surface area contributed by atoms with Gasteiger partial charge in [-0.1, -0.05) is 6.07 Å². The molecule has 0 aliphatic carbocycles. The summed E-state index contributed by atoms with van der Waals surface area (Å²) in [4.78, 5) is 24.6. The van der Waals surface area contributed by atoms with Gasteiger partial charge in [0, 0.05) is 16.1 Å². The van der Waals surface area contributed by atoms with E-state index in [1.165, 1.54) is 18.4 Å². The molecule has 3 N–H and O–H groups in total. The van der Waals surface area contributed by atoms with E-state index < -0.39 is 6.04 Å². The molecule has 1 unspecified atom stereocenters. The second kappa shape index (κ2) is 6.90. The number of hydrogen-bond donors (Lipinski definition) is 2. The number of rotatable bonds is 5. The van der Waals surface area contributed by atoms with Crippen LogP contribution in [0.1, 0.15) is 27.7 Å². The van der Waals surface area contributed by atoms with Gasteiger partial charge in [-0.25, -0.2) is 0 Å². The Labute approximate surface area is 126 Å². The number of carbonyl (C=O) groups is 2. The molecule has 0 bridgehead atoms. The maximum absolute atomic E-state index is 12.2. The lowest BCUT2D eigenvalue weighted by Crippen LogP contribution is -2.30. The molecule has 1 heterocycles. The third kappa shape index (κ3) is 4.06. The van der Waals surface area contributed by atoms with E-state index in [-0.39, 0.29) is 18.3 Å². The SMILES string of the molecule is COC(=O)CC(NC(=O)c1ccc(N)cc1)c1cccs1. The zero-order valence-corrected chi connectivity index (χ0v) is 12.4. The van der Waals surface area contributed by atoms with Crippen molar-refractivity contribution >= 4 is 28.9 Å². The van der Waals surface area contributed by atoms with Gasteiger partial charge in [-0.15, -0.1) is 11.3 Å². The van der Waals surface area contributed by atoms with Crippen LogP contribution in [-0.2, 0) is 9.53 Å². The first kappa shape index (κ1) is 15.1. The maximum Gasteiger partial charge on any atom is 0.307 e. The van der Waals surface area contributed by atoms with E-state index in [4.69, 9.17) is 5.73 Å². The van der Waals surface area contributed by atoms with Gasteiger partial charge in [0.2, 0.25) is 0 Å². The minimum atomic E-state index is -0.400. The molecule has 2 aromatic rings. The predicted octanol–water partition coefficient (Wildman–Crippen LogP) is 2.36. The number of esters is 1. The van der Waals surface area contributed by atoms with Gasteiger partial charge < -0.3 is 15.8 Å². The molecule has 0 saturated heterocycles. The molecule has 1 aromatic carbocycles. The Morgan fingerprint density at radius 2 is 2.00 bits per heavy atom. The molecule has 1 aromatic heterocycles. The van der Waals surface area contributed by atoms with Crippen LogP contribution in [0.4, 0.5) is 5.69 Å². The van der Waals surface area contributed by atoms with Gasteiger partial charge in [0.15, 0.2) is 0 Å². The van der Waals surface area contributed by atoms with E-state index in [2.05, 4.69) is 10.1 Å². The molecule has 21 heavy (non-hydrogen) atoms. The molecule has 2 rings (SSSR count). The van der Waals surface area contributed by atoms with Gasteiger partial charge in [0.1, 0.15) is 0 Å². The molecule has 1 amide bonds. The molecule has 6 heteroatoms. The second-order valence-corrected chi connectivity index (χ2v) is 5.42. The van der Waals surface area contributed by atoms with Crippen molar-refractivity contribution in [3.63, 3.8) is 0 Å². The van der Waals surface area contributed by atoms with E-state index in [1.54, 1.807) is 24.3 Å². The van der Waals surface area contributed by atoms with Gasteiger partial charge in [-0.3, -0.25) is 9.59 Å². The molecular formula is C15H16N2O3S. The summed E-state index contributed by atoms with van der Waals surface area (Å²) in [5.41, 5.74) is 6.69. The Bertz CT molecular complexity index is 608. The number of ether oxygens (including phenoxy) is 1. The van der Waals surface area contributed by atoms with Gasteiger partial charge in [-0.2, -0.15) is 0 Å². The summed E-state index contributed by atoms with van der Waals surface area (Å²) in [5, 5.41) is 4.75. The fraction of sp³-hybridized carbons (Fsp3) is 0.200. The maximum atomic E-state index is 12.2. The monoisotopic (exact) mass is 304 g/mol. The van der Waals surface area contributed by atoms with Crippen molar-refractivity contribution in [3.05, 3.63) is 52.2 Å². The van der Waals surface area contributed by atoms with Crippen molar-refractivity contribution in [2.24, 2.45) is 0 Å². The molecule has 0 spiro atoms. The normalized spacial score (nSPS) is 11.7. The highest BCUT2D eigenvalue weighted by molar-refractivity contribution is 7.10. The molecular weight excluding hydrogens is 288 g/mol. The summed E-state index contributed by atoms with van der Waals surface area (Å²) in [6.45, 7) is 0. The van der Waals surface area contributed by atoms with Crippen LogP contribution >= 0.6 is 11.3 Å². The van der Waals surface area contributed by atoms with Crippen molar-refractivity contribution in [1.82, 2.24) is 5.32 Å². The number of thiophene rings is 1. The van der Waals surface area contributed by atoms with Crippen LogP contribution < -0.4 is 11.1 Å². The average Bonchev–Trinajstić information content (AvgIpc) is 3.01. The molecule has 1 atom stereocenters.